The van der Waals surface area contributed by atoms with Crippen molar-refractivity contribution in [3.8, 4) is 0 Å². The second kappa shape index (κ2) is 30.1. The van der Waals surface area contributed by atoms with E-state index in [1.807, 2.05) is 30.1 Å². The molecule has 19 heteroatoms. The first kappa shape index (κ1) is 56.0. The number of halogens is 3. The zero-order chi connectivity index (χ0) is 50.8. The summed E-state index contributed by atoms with van der Waals surface area (Å²) < 4.78 is 46.1. The number of piperidine rings is 1. The molecular weight excluding hydrogens is 924 g/mol. The number of benzene rings is 4. The van der Waals surface area contributed by atoms with Gasteiger partial charge in [0, 0.05) is 64.4 Å². The molecule has 0 radical (unpaired) electrons. The molecule has 70 heavy (non-hydrogen) atoms. The lowest BCUT2D eigenvalue weighted by Gasteiger charge is -2.31. The number of nitrogens with zero attached hydrogens (tertiary/aromatic N) is 4. The van der Waals surface area contributed by atoms with Crippen LogP contribution in [0.4, 0.5) is 14.5 Å². The number of amides is 3. The summed E-state index contributed by atoms with van der Waals surface area (Å²) in [6, 6.07) is 22.6. The van der Waals surface area contributed by atoms with Crippen molar-refractivity contribution >= 4 is 59.4 Å². The minimum absolute atomic E-state index is 0.0117. The highest BCUT2D eigenvalue weighted by Crippen LogP contribution is 2.30. The van der Waals surface area contributed by atoms with Gasteiger partial charge >= 0.3 is 0 Å². The van der Waals surface area contributed by atoms with E-state index in [2.05, 4.69) is 45.0 Å². The molecule has 0 bridgehead atoms. The van der Waals surface area contributed by atoms with Crippen molar-refractivity contribution < 1.29 is 42.2 Å². The lowest BCUT2D eigenvalue weighted by atomic mass is 9.93. The lowest BCUT2D eigenvalue weighted by molar-refractivity contribution is -0.126. The van der Waals surface area contributed by atoms with Gasteiger partial charge in [-0.2, -0.15) is 0 Å². The summed E-state index contributed by atoms with van der Waals surface area (Å²) in [6.45, 7) is 11.2. The van der Waals surface area contributed by atoms with Gasteiger partial charge in [0.2, 0.25) is 11.8 Å². The molecule has 6 rings (SSSR count). The Hall–Kier alpha value is -6.64. The fraction of sp³-hybridized carbons (Fsp3) is 0.314. The largest absolute Gasteiger partial charge is 0.378 e. The maximum Gasteiger partial charge on any atom is 0.251 e. The zero-order valence-electron chi connectivity index (χ0n) is 39.4. The average molecular weight is 985 g/mol. The van der Waals surface area contributed by atoms with Crippen molar-refractivity contribution in [3.63, 3.8) is 0 Å². The third kappa shape index (κ3) is 17.4. The first-order valence-electron chi connectivity index (χ1n) is 22.3. The summed E-state index contributed by atoms with van der Waals surface area (Å²) in [5, 5.41) is 8.79. The van der Waals surface area contributed by atoms with Gasteiger partial charge in [-0.05, 0) is 87.7 Å². The highest BCUT2D eigenvalue weighted by atomic mass is 35.5. The Morgan fingerprint density at radius 2 is 1.59 bits per heavy atom. The minimum Gasteiger partial charge on any atom is -0.378 e. The number of allylic oxidation sites excluding steroid dienone is 1. The highest BCUT2D eigenvalue weighted by molar-refractivity contribution is 6.32. The summed E-state index contributed by atoms with van der Waals surface area (Å²) in [6.07, 6.45) is 3.93. The van der Waals surface area contributed by atoms with Gasteiger partial charge in [0.05, 0.1) is 81.4 Å². The maximum absolute atomic E-state index is 14.9. The Morgan fingerprint density at radius 3 is 2.23 bits per heavy atom. The Balaban J connectivity index is 0.000000421. The van der Waals surface area contributed by atoms with Crippen LogP contribution in [0.3, 0.4) is 0 Å². The Morgan fingerprint density at radius 1 is 0.929 bits per heavy atom. The summed E-state index contributed by atoms with van der Waals surface area (Å²) in [4.78, 5) is 61.5. The standard InChI is InChI=1S/C35H37ClF2N6O5.C15H18N2O2.CH5N/c1-40-20-24-21-43-34(32-29(37)3-2-4-30(32)38)28-19-25(36)7-10-27(28)33(24)44-26-8-5-23(6-9-26)35(46)42-12-14-48-16-18-49-17-15-47-13-11-41-22-31(39)45;1-11-7-8-14(15(19)16-11)17(2)9-12-5-3-4-6-13(12)10-18;1-2/h2-10,19-20,41H,1,11-18,21-22H2,(H2,39,45)(H,42,46);3-6,10,14H,1,7-9H2,2H3,(H,16,19);2H2,1H3/b24-20-,44-33?;;. The topological polar surface area (TPSA) is 224 Å². The molecule has 4 aromatic carbocycles. The first-order chi connectivity index (χ1) is 33.9. The number of aliphatic imine (C=N–C) groups is 3. The molecule has 1 saturated heterocycles. The number of hydrogen-bond acceptors (Lipinski definition) is 13. The molecule has 4 aromatic rings. The summed E-state index contributed by atoms with van der Waals surface area (Å²) in [7, 11) is 3.40. The van der Waals surface area contributed by atoms with E-state index in [0.717, 1.165) is 30.4 Å². The van der Waals surface area contributed by atoms with Crippen molar-refractivity contribution in [1.29, 1.82) is 0 Å². The number of fused-ring (bicyclic) bond motifs is 1. The maximum atomic E-state index is 14.9. The number of hydrogen-bond donors (Lipinski definition) is 5. The molecule has 2 heterocycles. The van der Waals surface area contributed by atoms with E-state index in [0.29, 0.717) is 104 Å². The van der Waals surface area contributed by atoms with Crippen LogP contribution in [0.25, 0.3) is 0 Å². The molecule has 0 saturated carbocycles. The van der Waals surface area contributed by atoms with Crippen molar-refractivity contribution in [2.75, 3.05) is 79.9 Å². The van der Waals surface area contributed by atoms with Gasteiger partial charge in [-0.3, -0.25) is 34.1 Å². The molecular formula is C51H60ClF2N9O7. The molecule has 1 unspecified atom stereocenters. The number of carbonyl (C=O) groups excluding carboxylic acids is 4. The van der Waals surface area contributed by atoms with E-state index in [4.69, 9.17) is 36.5 Å². The molecule has 2 aliphatic rings. The van der Waals surface area contributed by atoms with Gasteiger partial charge in [0.15, 0.2) is 0 Å². The quantitative estimate of drug-likeness (QED) is 0.0387. The number of likely N-dealkylation sites (N-methyl/N-ethyl adjacent to an activating group) is 1. The number of primary amides is 1. The molecule has 1 fully saturated rings. The van der Waals surface area contributed by atoms with Crippen molar-refractivity contribution in [2.45, 2.75) is 25.4 Å². The van der Waals surface area contributed by atoms with Gasteiger partial charge < -0.3 is 41.6 Å². The molecule has 0 spiro atoms. The van der Waals surface area contributed by atoms with Crippen LogP contribution in [0.15, 0.2) is 124 Å². The zero-order valence-corrected chi connectivity index (χ0v) is 40.1. The molecule has 0 aliphatic carbocycles. The third-order valence-corrected chi connectivity index (χ3v) is 10.7. The number of ether oxygens (including phenoxy) is 3. The third-order valence-electron chi connectivity index (χ3n) is 10.5. The number of rotatable bonds is 22. The Kier molecular flexibility index (Phi) is 24.0. The number of carbonyl (C=O) groups is 4. The van der Waals surface area contributed by atoms with Crippen LogP contribution in [-0.2, 0) is 30.3 Å². The van der Waals surface area contributed by atoms with Crippen LogP contribution in [-0.4, -0.2) is 133 Å². The van der Waals surface area contributed by atoms with E-state index in [1.165, 1.54) is 31.4 Å². The summed E-state index contributed by atoms with van der Waals surface area (Å²) >= 11 is 6.33. The molecule has 3 amide bonds. The fourth-order valence-corrected chi connectivity index (χ4v) is 7.28. The lowest BCUT2D eigenvalue weighted by Crippen LogP contribution is -2.47. The molecule has 7 N–H and O–H groups in total. The van der Waals surface area contributed by atoms with Crippen LogP contribution in [0.2, 0.25) is 5.02 Å². The number of nitrogens with two attached hydrogens (primary N) is 2. The molecule has 372 valence electrons. The fourth-order valence-electron chi connectivity index (χ4n) is 7.11. The van der Waals surface area contributed by atoms with E-state index in [-0.39, 0.29) is 42.2 Å². The van der Waals surface area contributed by atoms with E-state index in [1.54, 1.807) is 48.5 Å². The highest BCUT2D eigenvalue weighted by Gasteiger charge is 2.28. The van der Waals surface area contributed by atoms with Crippen LogP contribution in [0, 0.1) is 11.6 Å². The van der Waals surface area contributed by atoms with Crippen LogP contribution >= 0.6 is 11.6 Å². The van der Waals surface area contributed by atoms with Crippen molar-refractivity contribution in [2.24, 2.45) is 26.4 Å². The van der Waals surface area contributed by atoms with Gasteiger partial charge in [0.1, 0.15) is 17.9 Å². The average Bonchev–Trinajstić information content (AvgIpc) is 3.48. The van der Waals surface area contributed by atoms with E-state index >= 15 is 0 Å². The minimum atomic E-state index is -0.755. The van der Waals surface area contributed by atoms with E-state index < -0.39 is 17.5 Å². The van der Waals surface area contributed by atoms with Crippen LogP contribution in [0.5, 0.6) is 0 Å². The predicted octanol–water partition coefficient (Wildman–Crippen LogP) is 5.33. The number of nitrogens with one attached hydrogen (secondary N) is 3. The van der Waals surface area contributed by atoms with Crippen LogP contribution in [0.1, 0.15) is 55.8 Å². The second-order valence-corrected chi connectivity index (χ2v) is 15.8. The van der Waals surface area contributed by atoms with Gasteiger partial charge in [0.25, 0.3) is 5.91 Å². The Bertz CT molecular complexity index is 2500. The van der Waals surface area contributed by atoms with Crippen LogP contribution < -0.4 is 27.4 Å². The summed E-state index contributed by atoms with van der Waals surface area (Å²) in [5.41, 5.74) is 14.7. The van der Waals surface area contributed by atoms with Gasteiger partial charge in [-0.25, -0.2) is 13.8 Å². The monoisotopic (exact) mass is 983 g/mol. The van der Waals surface area contributed by atoms with E-state index in [9.17, 15) is 28.0 Å². The van der Waals surface area contributed by atoms with Gasteiger partial charge in [-0.15, -0.1) is 0 Å². The van der Waals surface area contributed by atoms with Crippen molar-refractivity contribution in [3.05, 3.63) is 159 Å². The first-order valence-corrected chi connectivity index (χ1v) is 22.7. The molecule has 16 nitrogen and oxygen atoms in total. The molecule has 1 atom stereocenters. The predicted molar refractivity (Wildman–Crippen MR) is 269 cm³/mol. The number of aldehydes is 1. The normalized spacial score (nSPS) is 15.4. The molecule has 2 aliphatic heterocycles. The van der Waals surface area contributed by atoms with Crippen molar-refractivity contribution in [1.82, 2.24) is 20.9 Å². The SMILES string of the molecule is C=C1CCC(N(C)Cc2ccccc2C=O)C(=O)N1.C=N/C=C1/CN=C(c2c(F)cccc2F)c2cc(Cl)ccc2C1=Nc1ccc(C(=O)NCCOCCOCCOCCNCC(N)=O)cc1.CN. The smallest absolute Gasteiger partial charge is 0.251 e. The Labute approximate surface area is 411 Å². The summed E-state index contributed by atoms with van der Waals surface area (Å²) in [5.74, 6) is -2.22. The molecule has 0 aromatic heterocycles. The van der Waals surface area contributed by atoms with Gasteiger partial charge in [-0.1, -0.05) is 54.6 Å². The second-order valence-electron chi connectivity index (χ2n) is 15.4.